The normalized spacial score (nSPS) is 10.4. The SMILES string of the molecule is O=C(NNC(=O)c1c(O)c2ccccc2[nH]c1=O)c1cccc([N+](=O)[O-])c1. The van der Waals surface area contributed by atoms with Crippen molar-refractivity contribution in [3.05, 3.63) is 80.1 Å². The quantitative estimate of drug-likeness (QED) is 0.402. The molecule has 1 heterocycles. The van der Waals surface area contributed by atoms with E-state index in [1.54, 1.807) is 18.2 Å². The summed E-state index contributed by atoms with van der Waals surface area (Å²) in [6, 6.07) is 11.2. The largest absolute Gasteiger partial charge is 0.506 e. The summed E-state index contributed by atoms with van der Waals surface area (Å²) < 4.78 is 0. The summed E-state index contributed by atoms with van der Waals surface area (Å²) in [6.07, 6.45) is 0. The van der Waals surface area contributed by atoms with Gasteiger partial charge in [0, 0.05) is 23.1 Å². The van der Waals surface area contributed by atoms with E-state index in [4.69, 9.17) is 0 Å². The van der Waals surface area contributed by atoms with Crippen molar-refractivity contribution < 1.29 is 19.6 Å². The van der Waals surface area contributed by atoms with Crippen molar-refractivity contribution in [3.8, 4) is 5.75 Å². The van der Waals surface area contributed by atoms with Crippen molar-refractivity contribution in [1.29, 1.82) is 0 Å². The molecule has 0 fully saturated rings. The Hall–Kier alpha value is -4.21. The Morgan fingerprint density at radius 3 is 2.48 bits per heavy atom. The van der Waals surface area contributed by atoms with Crippen molar-refractivity contribution >= 4 is 28.4 Å². The third kappa shape index (κ3) is 3.44. The van der Waals surface area contributed by atoms with Crippen molar-refractivity contribution in [3.63, 3.8) is 0 Å². The fourth-order valence-electron chi connectivity index (χ4n) is 2.45. The van der Waals surface area contributed by atoms with E-state index in [9.17, 15) is 29.6 Å². The van der Waals surface area contributed by atoms with Crippen LogP contribution in [0.25, 0.3) is 10.9 Å². The number of nitro groups is 1. The summed E-state index contributed by atoms with van der Waals surface area (Å²) in [6.45, 7) is 0. The van der Waals surface area contributed by atoms with Crippen LogP contribution in [-0.2, 0) is 0 Å². The van der Waals surface area contributed by atoms with Crippen molar-refractivity contribution in [2.24, 2.45) is 0 Å². The molecular weight excluding hydrogens is 356 g/mol. The smallest absolute Gasteiger partial charge is 0.279 e. The lowest BCUT2D eigenvalue weighted by Crippen LogP contribution is -2.43. The number of rotatable bonds is 3. The number of carbonyl (C=O) groups excluding carboxylic acids is 2. The van der Waals surface area contributed by atoms with E-state index in [2.05, 4.69) is 4.98 Å². The Bertz CT molecular complexity index is 1140. The number of pyridine rings is 1. The number of hydrogen-bond acceptors (Lipinski definition) is 6. The van der Waals surface area contributed by atoms with Gasteiger partial charge in [-0.2, -0.15) is 0 Å². The summed E-state index contributed by atoms with van der Waals surface area (Å²) in [7, 11) is 0. The van der Waals surface area contributed by atoms with Crippen LogP contribution in [0.15, 0.2) is 53.3 Å². The minimum atomic E-state index is -1.04. The molecule has 0 aliphatic rings. The van der Waals surface area contributed by atoms with Crippen LogP contribution in [0.3, 0.4) is 0 Å². The number of carbonyl (C=O) groups is 2. The van der Waals surface area contributed by atoms with Gasteiger partial charge in [0.05, 0.1) is 10.4 Å². The molecule has 0 aliphatic carbocycles. The van der Waals surface area contributed by atoms with Crippen molar-refractivity contribution in [2.45, 2.75) is 0 Å². The van der Waals surface area contributed by atoms with Gasteiger partial charge in [0.25, 0.3) is 23.1 Å². The molecule has 0 saturated heterocycles. The lowest BCUT2D eigenvalue weighted by Gasteiger charge is -2.09. The maximum absolute atomic E-state index is 12.2. The molecule has 2 amide bonds. The van der Waals surface area contributed by atoms with Gasteiger partial charge < -0.3 is 10.1 Å². The highest BCUT2D eigenvalue weighted by atomic mass is 16.6. The van der Waals surface area contributed by atoms with Gasteiger partial charge in [-0.25, -0.2) is 0 Å². The van der Waals surface area contributed by atoms with Crippen molar-refractivity contribution in [2.75, 3.05) is 0 Å². The molecule has 1 aromatic heterocycles. The fourth-order valence-corrected chi connectivity index (χ4v) is 2.45. The van der Waals surface area contributed by atoms with E-state index >= 15 is 0 Å². The van der Waals surface area contributed by atoms with Gasteiger partial charge in [0.2, 0.25) is 0 Å². The maximum atomic E-state index is 12.2. The van der Waals surface area contributed by atoms with E-state index in [-0.39, 0.29) is 16.6 Å². The molecule has 10 heteroatoms. The number of nitro benzene ring substituents is 1. The second kappa shape index (κ2) is 6.96. The number of amides is 2. The number of H-pyrrole nitrogens is 1. The van der Waals surface area contributed by atoms with Gasteiger partial charge in [-0.3, -0.25) is 35.3 Å². The summed E-state index contributed by atoms with van der Waals surface area (Å²) in [4.78, 5) is 48.9. The highest BCUT2D eigenvalue weighted by molar-refractivity contribution is 6.03. The molecule has 3 rings (SSSR count). The lowest BCUT2D eigenvalue weighted by molar-refractivity contribution is -0.384. The average molecular weight is 368 g/mol. The molecule has 2 aromatic carbocycles. The van der Waals surface area contributed by atoms with Crippen LogP contribution >= 0.6 is 0 Å². The van der Waals surface area contributed by atoms with E-state index < -0.39 is 33.6 Å². The minimum Gasteiger partial charge on any atom is -0.506 e. The Balaban J connectivity index is 1.81. The summed E-state index contributed by atoms with van der Waals surface area (Å²) in [5.74, 6) is -2.40. The van der Waals surface area contributed by atoms with E-state index in [0.717, 1.165) is 6.07 Å². The van der Waals surface area contributed by atoms with Gasteiger partial charge in [-0.15, -0.1) is 0 Å². The fraction of sp³-hybridized carbons (Fsp3) is 0. The highest BCUT2D eigenvalue weighted by Crippen LogP contribution is 2.24. The molecule has 0 saturated carbocycles. The average Bonchev–Trinajstić information content (AvgIpc) is 2.66. The number of nitrogens with one attached hydrogen (secondary N) is 3. The topological polar surface area (TPSA) is 154 Å². The molecule has 0 bridgehead atoms. The predicted octanol–water partition coefficient (Wildman–Crippen LogP) is 1.22. The predicted molar refractivity (Wildman–Crippen MR) is 94.3 cm³/mol. The minimum absolute atomic E-state index is 0.0684. The summed E-state index contributed by atoms with van der Waals surface area (Å²) >= 11 is 0. The molecule has 0 unspecified atom stereocenters. The number of hydrogen-bond donors (Lipinski definition) is 4. The van der Waals surface area contributed by atoms with Crippen LogP contribution in [0.4, 0.5) is 5.69 Å². The number of non-ortho nitro benzene ring substituents is 1. The number of para-hydroxylation sites is 1. The van der Waals surface area contributed by atoms with Gasteiger partial charge in [0.15, 0.2) is 0 Å². The second-order valence-electron chi connectivity index (χ2n) is 5.44. The summed E-state index contributed by atoms with van der Waals surface area (Å²) in [5, 5.41) is 21.2. The number of benzene rings is 2. The molecule has 0 aliphatic heterocycles. The summed E-state index contributed by atoms with van der Waals surface area (Å²) in [5.41, 5.74) is 2.61. The molecule has 27 heavy (non-hydrogen) atoms. The van der Waals surface area contributed by atoms with E-state index in [0.29, 0.717) is 5.52 Å². The van der Waals surface area contributed by atoms with Crippen LogP contribution in [0.5, 0.6) is 5.75 Å². The first-order valence-corrected chi connectivity index (χ1v) is 7.57. The van der Waals surface area contributed by atoms with Crippen LogP contribution in [0, 0.1) is 10.1 Å². The molecule has 4 N–H and O–H groups in total. The monoisotopic (exact) mass is 368 g/mol. The van der Waals surface area contributed by atoms with E-state index in [1.807, 2.05) is 10.9 Å². The zero-order chi connectivity index (χ0) is 19.6. The Morgan fingerprint density at radius 2 is 1.74 bits per heavy atom. The van der Waals surface area contributed by atoms with Gasteiger partial charge in [-0.1, -0.05) is 18.2 Å². The molecule has 136 valence electrons. The Kier molecular flexibility index (Phi) is 4.54. The van der Waals surface area contributed by atoms with Crippen LogP contribution < -0.4 is 16.4 Å². The zero-order valence-electron chi connectivity index (χ0n) is 13.6. The first kappa shape index (κ1) is 17.6. The Labute approximate surface area is 150 Å². The van der Waals surface area contributed by atoms with Gasteiger partial charge in [-0.05, 0) is 18.2 Å². The molecule has 3 aromatic rings. The second-order valence-corrected chi connectivity index (χ2v) is 5.44. The number of hydrazine groups is 1. The number of aromatic nitrogens is 1. The Morgan fingerprint density at radius 1 is 1.04 bits per heavy atom. The number of aromatic amines is 1. The van der Waals surface area contributed by atoms with Gasteiger partial charge in [0.1, 0.15) is 11.3 Å². The number of nitrogens with zero attached hydrogens (tertiary/aromatic N) is 1. The number of aromatic hydroxyl groups is 1. The molecule has 0 atom stereocenters. The lowest BCUT2D eigenvalue weighted by atomic mass is 10.1. The molecular formula is C17H12N4O6. The van der Waals surface area contributed by atoms with Crippen LogP contribution in [0.1, 0.15) is 20.7 Å². The van der Waals surface area contributed by atoms with Crippen LogP contribution in [0.2, 0.25) is 0 Å². The maximum Gasteiger partial charge on any atom is 0.279 e. The van der Waals surface area contributed by atoms with Crippen molar-refractivity contribution in [1.82, 2.24) is 15.8 Å². The standard InChI is InChI=1S/C17H12N4O6/c22-14-11-6-1-2-7-12(11)18-16(24)13(14)17(25)20-19-15(23)9-4-3-5-10(8-9)21(26)27/h1-8H,(H,19,23)(H,20,25)(H2,18,22,24). The van der Waals surface area contributed by atoms with E-state index in [1.165, 1.54) is 24.3 Å². The number of fused-ring (bicyclic) bond motifs is 1. The molecule has 10 nitrogen and oxygen atoms in total. The van der Waals surface area contributed by atoms with Gasteiger partial charge >= 0.3 is 0 Å². The molecule has 0 spiro atoms. The highest BCUT2D eigenvalue weighted by Gasteiger charge is 2.20. The zero-order valence-corrected chi connectivity index (χ0v) is 13.6. The first-order valence-electron chi connectivity index (χ1n) is 7.57. The molecule has 0 radical (unpaired) electrons. The van der Waals surface area contributed by atoms with Crippen LogP contribution in [-0.4, -0.2) is 26.8 Å². The first-order chi connectivity index (χ1) is 12.9. The third-order valence-corrected chi connectivity index (χ3v) is 3.73. The third-order valence-electron chi connectivity index (χ3n) is 3.73.